The van der Waals surface area contributed by atoms with Crippen molar-refractivity contribution in [3.8, 4) is 0 Å². The van der Waals surface area contributed by atoms with Gasteiger partial charge in [-0.3, -0.25) is 4.79 Å². The van der Waals surface area contributed by atoms with Crippen LogP contribution in [0.2, 0.25) is 0 Å². The molecule has 0 saturated carbocycles. The summed E-state index contributed by atoms with van der Waals surface area (Å²) in [4.78, 5) is 17.2. The van der Waals surface area contributed by atoms with Crippen molar-refractivity contribution >= 4 is 17.2 Å². The molecule has 1 unspecified atom stereocenters. The minimum Gasteiger partial charge on any atom is -0.378 e. The molecule has 0 radical (unpaired) electrons. The van der Waals surface area contributed by atoms with Crippen molar-refractivity contribution in [2.24, 2.45) is 0 Å². The maximum atomic E-state index is 12.4. The van der Waals surface area contributed by atoms with Crippen molar-refractivity contribution in [1.29, 1.82) is 0 Å². The van der Waals surface area contributed by atoms with Gasteiger partial charge >= 0.3 is 0 Å². The zero-order chi connectivity index (χ0) is 15.0. The Bertz CT molecular complexity index is 496. The van der Waals surface area contributed by atoms with Crippen LogP contribution in [-0.2, 0) is 16.1 Å². The first-order valence-corrected chi connectivity index (χ1v) is 7.55. The van der Waals surface area contributed by atoms with Gasteiger partial charge in [0.05, 0.1) is 35.1 Å². The fourth-order valence-corrected chi connectivity index (χ4v) is 3.40. The fraction of sp³-hybridized carbons (Fsp3) is 0.714. The smallest absolute Gasteiger partial charge is 0.263 e. The average molecular weight is 298 g/mol. The average Bonchev–Trinajstić information content (AvgIpc) is 2.82. The van der Waals surface area contributed by atoms with Gasteiger partial charge in [0.25, 0.3) is 5.91 Å². The first kappa shape index (κ1) is 15.4. The van der Waals surface area contributed by atoms with Gasteiger partial charge in [-0.05, 0) is 34.1 Å². The normalized spacial score (nSPS) is 23.8. The van der Waals surface area contributed by atoms with E-state index in [9.17, 15) is 4.79 Å². The highest BCUT2D eigenvalue weighted by molar-refractivity contribution is 7.11. The molecule has 5 nitrogen and oxygen atoms in total. The van der Waals surface area contributed by atoms with Crippen LogP contribution in [0.3, 0.4) is 0 Å². The predicted octanol–water partition coefficient (Wildman–Crippen LogP) is 2.37. The molecular formula is C14H22N2O3S. The lowest BCUT2D eigenvalue weighted by atomic mass is 9.94. The van der Waals surface area contributed by atoms with E-state index in [-0.39, 0.29) is 23.2 Å². The van der Waals surface area contributed by atoms with Crippen molar-refractivity contribution in [1.82, 2.24) is 10.3 Å². The second-order valence-electron chi connectivity index (χ2n) is 6.26. The minimum absolute atomic E-state index is 0.0116. The number of rotatable bonds is 4. The molecule has 20 heavy (non-hydrogen) atoms. The molecule has 1 atom stereocenters. The van der Waals surface area contributed by atoms with E-state index in [2.05, 4.69) is 10.3 Å². The van der Waals surface area contributed by atoms with Gasteiger partial charge in [0, 0.05) is 7.11 Å². The Morgan fingerprint density at radius 3 is 2.80 bits per heavy atom. The molecule has 1 fully saturated rings. The molecule has 0 bridgehead atoms. The van der Waals surface area contributed by atoms with Gasteiger partial charge in [-0.25, -0.2) is 4.98 Å². The molecule has 2 rings (SSSR count). The fourth-order valence-electron chi connectivity index (χ4n) is 2.70. The number of ether oxygens (including phenoxy) is 2. The molecule has 0 aliphatic carbocycles. The van der Waals surface area contributed by atoms with Crippen LogP contribution in [-0.4, -0.2) is 35.2 Å². The summed E-state index contributed by atoms with van der Waals surface area (Å²) in [5.41, 5.74) is 1.77. The second-order valence-corrected chi connectivity index (χ2v) is 7.11. The first-order valence-electron chi connectivity index (χ1n) is 6.67. The maximum absolute atomic E-state index is 12.4. The Morgan fingerprint density at radius 2 is 2.25 bits per heavy atom. The highest BCUT2D eigenvalue weighted by Gasteiger charge is 2.46. The topological polar surface area (TPSA) is 60.5 Å². The van der Waals surface area contributed by atoms with E-state index in [1.165, 1.54) is 11.3 Å². The lowest BCUT2D eigenvalue weighted by Crippen LogP contribution is -2.46. The van der Waals surface area contributed by atoms with E-state index in [4.69, 9.17) is 9.47 Å². The number of aromatic nitrogens is 1. The van der Waals surface area contributed by atoms with E-state index in [0.717, 1.165) is 6.42 Å². The highest BCUT2D eigenvalue weighted by Crippen LogP contribution is 2.37. The van der Waals surface area contributed by atoms with Crippen LogP contribution in [0.1, 0.15) is 49.5 Å². The maximum Gasteiger partial charge on any atom is 0.263 e. The number of nitrogens with one attached hydrogen (secondary N) is 1. The molecule has 112 valence electrons. The number of carbonyl (C=O) groups excluding carboxylic acids is 1. The lowest BCUT2D eigenvalue weighted by Gasteiger charge is -2.27. The molecule has 1 aliphatic heterocycles. The largest absolute Gasteiger partial charge is 0.378 e. The monoisotopic (exact) mass is 298 g/mol. The summed E-state index contributed by atoms with van der Waals surface area (Å²) in [7, 11) is 1.59. The van der Waals surface area contributed by atoms with Gasteiger partial charge in [-0.15, -0.1) is 11.3 Å². The van der Waals surface area contributed by atoms with Crippen molar-refractivity contribution in [2.45, 2.75) is 58.0 Å². The third-order valence-electron chi connectivity index (χ3n) is 3.51. The van der Waals surface area contributed by atoms with Gasteiger partial charge in [0.1, 0.15) is 4.88 Å². The van der Waals surface area contributed by atoms with Crippen molar-refractivity contribution in [3.05, 3.63) is 16.1 Å². The van der Waals surface area contributed by atoms with Crippen LogP contribution in [0, 0.1) is 0 Å². The van der Waals surface area contributed by atoms with Crippen molar-refractivity contribution in [3.63, 3.8) is 0 Å². The van der Waals surface area contributed by atoms with Gasteiger partial charge in [0.2, 0.25) is 0 Å². The van der Waals surface area contributed by atoms with Crippen LogP contribution in [0.4, 0.5) is 0 Å². The predicted molar refractivity (Wildman–Crippen MR) is 77.9 cm³/mol. The first-order chi connectivity index (χ1) is 9.25. The number of thiazole rings is 1. The summed E-state index contributed by atoms with van der Waals surface area (Å²) in [6.07, 6.45) is 0.796. The van der Waals surface area contributed by atoms with Crippen LogP contribution in [0.15, 0.2) is 5.51 Å². The van der Waals surface area contributed by atoms with Gasteiger partial charge in [-0.1, -0.05) is 0 Å². The third-order valence-corrected chi connectivity index (χ3v) is 4.38. The van der Waals surface area contributed by atoms with Crippen LogP contribution >= 0.6 is 11.3 Å². The molecule has 1 aromatic heterocycles. The van der Waals surface area contributed by atoms with Gasteiger partial charge in [0.15, 0.2) is 0 Å². The summed E-state index contributed by atoms with van der Waals surface area (Å²) in [6, 6.07) is -0.0116. The van der Waals surface area contributed by atoms with E-state index in [1.807, 2.05) is 27.7 Å². The molecule has 1 N–H and O–H groups in total. The summed E-state index contributed by atoms with van der Waals surface area (Å²) >= 11 is 1.34. The number of hydrogen-bond donors (Lipinski definition) is 1. The van der Waals surface area contributed by atoms with E-state index in [0.29, 0.717) is 17.2 Å². The van der Waals surface area contributed by atoms with Crippen molar-refractivity contribution < 1.29 is 14.3 Å². The Labute approximate surface area is 123 Å². The molecule has 0 spiro atoms. The second kappa shape index (κ2) is 5.42. The van der Waals surface area contributed by atoms with Crippen LogP contribution < -0.4 is 5.32 Å². The molecular weight excluding hydrogens is 276 g/mol. The van der Waals surface area contributed by atoms with Gasteiger partial charge in [-0.2, -0.15) is 0 Å². The number of hydrogen-bond acceptors (Lipinski definition) is 5. The van der Waals surface area contributed by atoms with E-state index in [1.54, 1.807) is 12.6 Å². The summed E-state index contributed by atoms with van der Waals surface area (Å²) in [5, 5.41) is 3.08. The Hall–Kier alpha value is -0.980. The number of amides is 1. The van der Waals surface area contributed by atoms with E-state index < -0.39 is 0 Å². The van der Waals surface area contributed by atoms with Crippen molar-refractivity contribution in [2.75, 3.05) is 7.11 Å². The van der Waals surface area contributed by atoms with Crippen LogP contribution in [0.5, 0.6) is 0 Å². The molecule has 0 aromatic carbocycles. The molecule has 2 heterocycles. The lowest BCUT2D eigenvalue weighted by molar-refractivity contribution is -0.0693. The SMILES string of the molecule is COCc1ncsc1C(=O)NC1CC(C)(C)OC1(C)C. The summed E-state index contributed by atoms with van der Waals surface area (Å²) in [5.74, 6) is -0.0982. The molecule has 1 aromatic rings. The quantitative estimate of drug-likeness (QED) is 0.927. The minimum atomic E-state index is -0.370. The third kappa shape index (κ3) is 3.19. The Morgan fingerprint density at radius 1 is 1.55 bits per heavy atom. The van der Waals surface area contributed by atoms with Crippen LogP contribution in [0.25, 0.3) is 0 Å². The highest BCUT2D eigenvalue weighted by atomic mass is 32.1. The standard InChI is InChI=1S/C14H22N2O3S/c1-13(2)6-10(14(3,4)19-13)16-12(17)11-9(7-18-5)15-8-20-11/h8,10H,6-7H2,1-5H3,(H,16,17). The number of carbonyl (C=O) groups is 1. The molecule has 6 heteroatoms. The molecule has 1 saturated heterocycles. The van der Waals surface area contributed by atoms with E-state index >= 15 is 0 Å². The zero-order valence-corrected chi connectivity index (χ0v) is 13.5. The number of nitrogens with zero attached hydrogens (tertiary/aromatic N) is 1. The Balaban J connectivity index is 2.10. The Kier molecular flexibility index (Phi) is 4.18. The molecule has 1 amide bonds. The molecule has 1 aliphatic rings. The van der Waals surface area contributed by atoms with Gasteiger partial charge < -0.3 is 14.8 Å². The number of methoxy groups -OCH3 is 1. The summed E-state index contributed by atoms with van der Waals surface area (Å²) in [6.45, 7) is 8.46. The zero-order valence-electron chi connectivity index (χ0n) is 12.6. The summed E-state index contributed by atoms with van der Waals surface area (Å²) < 4.78 is 11.1.